The molecule has 234 valence electrons. The van der Waals surface area contributed by atoms with Crippen LogP contribution in [-0.2, 0) is 23.2 Å². The van der Waals surface area contributed by atoms with E-state index in [1.807, 2.05) is 12.1 Å². The first-order valence-corrected chi connectivity index (χ1v) is 16.0. The number of nitrogens with one attached hydrogen (secondary N) is 2. The third-order valence-corrected chi connectivity index (χ3v) is 7.78. The van der Waals surface area contributed by atoms with E-state index < -0.39 is 21.7 Å². The maximum absolute atomic E-state index is 14.1. The van der Waals surface area contributed by atoms with Gasteiger partial charge in [-0.05, 0) is 66.8 Å². The minimum atomic E-state index is -3.32. The van der Waals surface area contributed by atoms with Crippen LogP contribution in [0.5, 0.6) is 5.75 Å². The van der Waals surface area contributed by atoms with Gasteiger partial charge in [0.15, 0.2) is 0 Å². The quantitative estimate of drug-likeness (QED) is 0.233. The lowest BCUT2D eigenvalue weighted by Crippen LogP contribution is -2.49. The normalized spacial score (nSPS) is 14.0. The summed E-state index contributed by atoms with van der Waals surface area (Å²) < 4.78 is 58.3. The minimum Gasteiger partial charge on any atom is -0.489 e. The number of carbonyl (C=O) groups excluding carboxylic acids is 1. The van der Waals surface area contributed by atoms with E-state index in [1.165, 1.54) is 11.6 Å². The Hall–Kier alpha value is -3.41. The fourth-order valence-corrected chi connectivity index (χ4v) is 5.51. The van der Waals surface area contributed by atoms with Crippen molar-refractivity contribution < 1.29 is 26.7 Å². The number of benzene rings is 3. The van der Waals surface area contributed by atoms with Crippen molar-refractivity contribution >= 4 is 39.8 Å². The number of urea groups is 1. The predicted octanol–water partition coefficient (Wildman–Crippen LogP) is 6.64. The van der Waals surface area contributed by atoms with Crippen molar-refractivity contribution in [1.82, 2.24) is 9.80 Å². The topological polar surface area (TPSA) is 91.0 Å². The Labute approximate surface area is 258 Å². The zero-order valence-corrected chi connectivity index (χ0v) is 26.0. The van der Waals surface area contributed by atoms with Gasteiger partial charge >= 0.3 is 6.03 Å². The van der Waals surface area contributed by atoms with Crippen molar-refractivity contribution in [3.05, 3.63) is 89.5 Å². The third kappa shape index (κ3) is 10.7. The molecule has 0 atom stereocenters. The van der Waals surface area contributed by atoms with E-state index in [-0.39, 0.29) is 30.2 Å². The van der Waals surface area contributed by atoms with Gasteiger partial charge < -0.3 is 15.0 Å². The van der Waals surface area contributed by atoms with Crippen LogP contribution in [0.15, 0.2) is 66.7 Å². The van der Waals surface area contributed by atoms with Crippen LogP contribution in [0.4, 0.5) is 25.0 Å². The van der Waals surface area contributed by atoms with Gasteiger partial charge in [-0.2, -0.15) is 0 Å². The highest BCUT2D eigenvalue weighted by atomic mass is 35.5. The van der Waals surface area contributed by atoms with Crippen LogP contribution in [0.25, 0.3) is 0 Å². The third-order valence-electron chi connectivity index (χ3n) is 7.18. The largest absolute Gasteiger partial charge is 0.489 e. The molecule has 3 aromatic rings. The molecule has 1 fully saturated rings. The summed E-state index contributed by atoms with van der Waals surface area (Å²) in [5, 5.41) is 2.63. The number of anilines is 2. The summed E-state index contributed by atoms with van der Waals surface area (Å²) in [6.45, 7) is 5.50. The van der Waals surface area contributed by atoms with E-state index in [1.54, 1.807) is 29.2 Å². The highest BCUT2D eigenvalue weighted by molar-refractivity contribution is 7.92. The number of rotatable bonds is 12. The van der Waals surface area contributed by atoms with Crippen molar-refractivity contribution in [2.75, 3.05) is 35.9 Å². The predicted molar refractivity (Wildman–Crippen MR) is 168 cm³/mol. The molecule has 0 aromatic heterocycles. The molecule has 2 amide bonds. The number of hydrogen-bond acceptors (Lipinski definition) is 5. The number of ether oxygens (including phenoxy) is 1. The average Bonchev–Trinajstić information content (AvgIpc) is 2.95. The highest BCUT2D eigenvalue weighted by Crippen LogP contribution is 2.23. The molecular weight excluding hydrogens is 598 g/mol. The first-order valence-electron chi connectivity index (χ1n) is 14.1. The summed E-state index contributed by atoms with van der Waals surface area (Å²) in [5.74, 6) is -0.827. The number of hydrogen-bond donors (Lipinski definition) is 2. The van der Waals surface area contributed by atoms with E-state index in [0.29, 0.717) is 24.6 Å². The van der Waals surface area contributed by atoms with Crippen molar-refractivity contribution in [3.63, 3.8) is 0 Å². The Bertz CT molecular complexity index is 1440. The van der Waals surface area contributed by atoms with E-state index in [4.69, 9.17) is 4.74 Å². The molecule has 1 heterocycles. The van der Waals surface area contributed by atoms with Gasteiger partial charge in [-0.25, -0.2) is 22.0 Å². The Morgan fingerprint density at radius 3 is 2.26 bits per heavy atom. The molecular formula is C31H39ClF2N4O4S. The second-order valence-corrected chi connectivity index (χ2v) is 12.4. The SMILES string of the molecule is CCCCN(C(=O)Nc1ccc(F)cc1F)C1CCN(Cc2ccc(COc3ccc(NS(C)(=O)=O)cc3)cc2)CC1.Cl. The smallest absolute Gasteiger partial charge is 0.322 e. The summed E-state index contributed by atoms with van der Waals surface area (Å²) in [7, 11) is -3.32. The van der Waals surface area contributed by atoms with Crippen LogP contribution < -0.4 is 14.8 Å². The molecule has 43 heavy (non-hydrogen) atoms. The molecule has 1 saturated heterocycles. The molecule has 1 aliphatic heterocycles. The van der Waals surface area contributed by atoms with Crippen molar-refractivity contribution in [1.29, 1.82) is 0 Å². The van der Waals surface area contributed by atoms with E-state index in [0.717, 1.165) is 69.3 Å². The maximum Gasteiger partial charge on any atom is 0.322 e. The second kappa shape index (κ2) is 15.9. The van der Waals surface area contributed by atoms with Gasteiger partial charge in [0, 0.05) is 44.0 Å². The number of halogens is 3. The second-order valence-electron chi connectivity index (χ2n) is 10.6. The molecule has 12 heteroatoms. The summed E-state index contributed by atoms with van der Waals surface area (Å²) >= 11 is 0. The van der Waals surface area contributed by atoms with Crippen LogP contribution >= 0.6 is 12.4 Å². The van der Waals surface area contributed by atoms with Crippen molar-refractivity contribution in [2.24, 2.45) is 0 Å². The van der Waals surface area contributed by atoms with Gasteiger partial charge in [0.05, 0.1) is 11.9 Å². The zero-order valence-electron chi connectivity index (χ0n) is 24.4. The number of unbranched alkanes of at least 4 members (excludes halogenated alkanes) is 1. The Morgan fingerprint density at radius 1 is 1.00 bits per heavy atom. The van der Waals surface area contributed by atoms with Crippen LogP contribution in [0.2, 0.25) is 0 Å². The number of nitrogens with zero attached hydrogens (tertiary/aromatic N) is 2. The maximum atomic E-state index is 14.1. The van der Waals surface area contributed by atoms with Gasteiger partial charge in [-0.3, -0.25) is 9.62 Å². The molecule has 3 aromatic carbocycles. The Morgan fingerprint density at radius 2 is 1.65 bits per heavy atom. The van der Waals surface area contributed by atoms with Gasteiger partial charge in [0.1, 0.15) is 24.0 Å². The molecule has 0 spiro atoms. The summed E-state index contributed by atoms with van der Waals surface area (Å²) in [6, 6.07) is 17.8. The summed E-state index contributed by atoms with van der Waals surface area (Å²) in [5.41, 5.74) is 2.66. The van der Waals surface area contributed by atoms with E-state index in [2.05, 4.69) is 34.0 Å². The molecule has 4 rings (SSSR count). The van der Waals surface area contributed by atoms with Crippen LogP contribution in [0.3, 0.4) is 0 Å². The summed E-state index contributed by atoms with van der Waals surface area (Å²) in [6.07, 6.45) is 4.51. The number of carbonyl (C=O) groups is 1. The number of sulfonamides is 1. The van der Waals surface area contributed by atoms with Gasteiger partial charge in [-0.1, -0.05) is 37.6 Å². The lowest BCUT2D eigenvalue weighted by molar-refractivity contribution is 0.122. The van der Waals surface area contributed by atoms with Gasteiger partial charge in [0.25, 0.3) is 0 Å². The standard InChI is InChI=1S/C31H38F2N4O4S.ClH/c1-3-4-17-37(31(38)34-30-14-9-25(32)20-29(30)33)27-15-18-36(19-16-27)21-23-5-7-24(8-6-23)22-41-28-12-10-26(11-13-28)35-42(2,39)40;/h5-14,20,27,35H,3-4,15-19,21-22H2,1-2H3,(H,34,38);1H. The molecule has 0 unspecified atom stereocenters. The Kier molecular flexibility index (Phi) is 12.6. The molecule has 8 nitrogen and oxygen atoms in total. The lowest BCUT2D eigenvalue weighted by Gasteiger charge is -2.38. The number of piperidine rings is 1. The van der Waals surface area contributed by atoms with E-state index in [9.17, 15) is 22.0 Å². The average molecular weight is 637 g/mol. The fourth-order valence-electron chi connectivity index (χ4n) is 4.94. The van der Waals surface area contributed by atoms with Crippen molar-refractivity contribution in [2.45, 2.75) is 51.8 Å². The Balaban J connectivity index is 0.00000506. The molecule has 0 radical (unpaired) electrons. The molecule has 0 aliphatic carbocycles. The van der Waals surface area contributed by atoms with Crippen molar-refractivity contribution in [3.8, 4) is 5.75 Å². The van der Waals surface area contributed by atoms with Crippen LogP contribution in [0.1, 0.15) is 43.7 Å². The fraction of sp³-hybridized carbons (Fsp3) is 0.387. The van der Waals surface area contributed by atoms with E-state index >= 15 is 0 Å². The molecule has 0 bridgehead atoms. The highest BCUT2D eigenvalue weighted by Gasteiger charge is 2.28. The molecule has 0 saturated carbocycles. The lowest BCUT2D eigenvalue weighted by atomic mass is 10.0. The zero-order chi connectivity index (χ0) is 30.1. The van der Waals surface area contributed by atoms with Gasteiger partial charge in [-0.15, -0.1) is 12.4 Å². The van der Waals surface area contributed by atoms with Crippen LogP contribution in [0, 0.1) is 11.6 Å². The molecule has 1 aliphatic rings. The monoisotopic (exact) mass is 636 g/mol. The number of amides is 2. The summed E-state index contributed by atoms with van der Waals surface area (Å²) in [4.78, 5) is 17.2. The van der Waals surface area contributed by atoms with Gasteiger partial charge in [0.2, 0.25) is 10.0 Å². The van der Waals surface area contributed by atoms with Crippen LogP contribution in [-0.4, -0.2) is 56.2 Å². The number of likely N-dealkylation sites (tertiary alicyclic amines) is 1. The first-order chi connectivity index (χ1) is 20.1. The first kappa shape index (κ1) is 34.1. The minimum absolute atomic E-state index is 0. The molecule has 2 N–H and O–H groups in total.